The number of amides is 2. The standard InChI is InChI=1S/C16H21F2N3O2/c17-12-5-6-14(18)11(7-12)10-21(13-3-1-2-4-13)16(23)9-20-15(22)8-19/h5-7,13H,1-4,8-10,19H2,(H,20,22). The highest BCUT2D eigenvalue weighted by Crippen LogP contribution is 2.25. The molecule has 7 heteroatoms. The van der Waals surface area contributed by atoms with Crippen LogP contribution in [0, 0.1) is 11.6 Å². The van der Waals surface area contributed by atoms with E-state index in [9.17, 15) is 18.4 Å². The Morgan fingerprint density at radius 2 is 1.96 bits per heavy atom. The van der Waals surface area contributed by atoms with Gasteiger partial charge in [0, 0.05) is 18.2 Å². The predicted octanol–water partition coefficient (Wildman–Crippen LogP) is 1.31. The third-order valence-electron chi connectivity index (χ3n) is 4.06. The van der Waals surface area contributed by atoms with Gasteiger partial charge in [-0.1, -0.05) is 12.8 Å². The van der Waals surface area contributed by atoms with Gasteiger partial charge < -0.3 is 16.0 Å². The molecule has 126 valence electrons. The Hall–Kier alpha value is -2.02. The molecule has 1 aliphatic carbocycles. The van der Waals surface area contributed by atoms with Crippen LogP contribution in [-0.2, 0) is 16.1 Å². The van der Waals surface area contributed by atoms with Crippen LogP contribution in [0.15, 0.2) is 18.2 Å². The number of hydrogen-bond acceptors (Lipinski definition) is 3. The summed E-state index contributed by atoms with van der Waals surface area (Å²) < 4.78 is 27.2. The van der Waals surface area contributed by atoms with Crippen molar-refractivity contribution in [1.29, 1.82) is 0 Å². The molecule has 23 heavy (non-hydrogen) atoms. The van der Waals surface area contributed by atoms with E-state index in [0.29, 0.717) is 0 Å². The van der Waals surface area contributed by atoms with E-state index in [-0.39, 0.29) is 37.1 Å². The van der Waals surface area contributed by atoms with Gasteiger partial charge in [-0.2, -0.15) is 0 Å². The smallest absolute Gasteiger partial charge is 0.242 e. The van der Waals surface area contributed by atoms with Crippen LogP contribution in [0.1, 0.15) is 31.2 Å². The number of nitrogens with zero attached hydrogens (tertiary/aromatic N) is 1. The van der Waals surface area contributed by atoms with Gasteiger partial charge in [-0.15, -0.1) is 0 Å². The second kappa shape index (κ2) is 8.01. The van der Waals surface area contributed by atoms with E-state index < -0.39 is 17.5 Å². The van der Waals surface area contributed by atoms with Crippen LogP contribution in [0.25, 0.3) is 0 Å². The van der Waals surface area contributed by atoms with Gasteiger partial charge in [0.1, 0.15) is 11.6 Å². The van der Waals surface area contributed by atoms with Gasteiger partial charge >= 0.3 is 0 Å². The maximum atomic E-state index is 13.9. The zero-order chi connectivity index (χ0) is 16.8. The van der Waals surface area contributed by atoms with Crippen LogP contribution >= 0.6 is 0 Å². The third kappa shape index (κ3) is 4.72. The first-order valence-electron chi connectivity index (χ1n) is 7.71. The number of benzene rings is 1. The number of hydrogen-bond donors (Lipinski definition) is 2. The summed E-state index contributed by atoms with van der Waals surface area (Å²) >= 11 is 0. The van der Waals surface area contributed by atoms with Gasteiger partial charge in [0.2, 0.25) is 11.8 Å². The van der Waals surface area contributed by atoms with Crippen LogP contribution in [-0.4, -0.2) is 35.8 Å². The Morgan fingerprint density at radius 1 is 1.26 bits per heavy atom. The first-order chi connectivity index (χ1) is 11.0. The molecular formula is C16H21F2N3O2. The van der Waals surface area contributed by atoms with Crippen molar-refractivity contribution in [2.24, 2.45) is 5.73 Å². The Kier molecular flexibility index (Phi) is 6.04. The Balaban J connectivity index is 2.12. The van der Waals surface area contributed by atoms with Gasteiger partial charge in [-0.3, -0.25) is 9.59 Å². The lowest BCUT2D eigenvalue weighted by Gasteiger charge is -2.29. The van der Waals surface area contributed by atoms with Gasteiger partial charge in [0.25, 0.3) is 0 Å². The summed E-state index contributed by atoms with van der Waals surface area (Å²) in [4.78, 5) is 25.1. The van der Waals surface area contributed by atoms with Crippen molar-refractivity contribution in [3.05, 3.63) is 35.4 Å². The van der Waals surface area contributed by atoms with E-state index >= 15 is 0 Å². The van der Waals surface area contributed by atoms with Crippen molar-refractivity contribution in [1.82, 2.24) is 10.2 Å². The predicted molar refractivity (Wildman–Crippen MR) is 81.2 cm³/mol. The van der Waals surface area contributed by atoms with Crippen LogP contribution in [0.3, 0.4) is 0 Å². The maximum Gasteiger partial charge on any atom is 0.242 e. The zero-order valence-electron chi connectivity index (χ0n) is 12.9. The third-order valence-corrected chi connectivity index (χ3v) is 4.06. The average molecular weight is 325 g/mol. The summed E-state index contributed by atoms with van der Waals surface area (Å²) in [6.07, 6.45) is 3.64. The molecule has 0 spiro atoms. The molecular weight excluding hydrogens is 304 g/mol. The van der Waals surface area contributed by atoms with Crippen molar-refractivity contribution in [3.63, 3.8) is 0 Å². The van der Waals surface area contributed by atoms with E-state index in [1.54, 1.807) is 0 Å². The lowest BCUT2D eigenvalue weighted by Crippen LogP contribution is -2.45. The van der Waals surface area contributed by atoms with Crippen LogP contribution < -0.4 is 11.1 Å². The van der Waals surface area contributed by atoms with E-state index in [4.69, 9.17) is 5.73 Å². The van der Waals surface area contributed by atoms with E-state index in [1.807, 2.05) is 0 Å². The molecule has 2 rings (SSSR count). The summed E-state index contributed by atoms with van der Waals surface area (Å²) in [6, 6.07) is 3.18. The Bertz CT molecular complexity index is 574. The summed E-state index contributed by atoms with van der Waals surface area (Å²) in [7, 11) is 0. The molecule has 1 aromatic rings. The Morgan fingerprint density at radius 3 is 2.61 bits per heavy atom. The summed E-state index contributed by atoms with van der Waals surface area (Å²) in [6.45, 7) is -0.399. The minimum atomic E-state index is -0.548. The van der Waals surface area contributed by atoms with Gasteiger partial charge in [-0.25, -0.2) is 8.78 Å². The maximum absolute atomic E-state index is 13.9. The molecule has 0 aromatic heterocycles. The highest BCUT2D eigenvalue weighted by atomic mass is 19.1. The molecule has 0 unspecified atom stereocenters. The van der Waals surface area contributed by atoms with Gasteiger partial charge in [0.15, 0.2) is 0 Å². The fourth-order valence-corrected chi connectivity index (χ4v) is 2.83. The average Bonchev–Trinajstić information content (AvgIpc) is 3.07. The molecule has 0 radical (unpaired) electrons. The molecule has 0 bridgehead atoms. The molecule has 5 nitrogen and oxygen atoms in total. The topological polar surface area (TPSA) is 75.4 Å². The summed E-state index contributed by atoms with van der Waals surface area (Å²) in [5, 5.41) is 2.42. The second-order valence-corrected chi connectivity index (χ2v) is 5.68. The lowest BCUT2D eigenvalue weighted by molar-refractivity contribution is -0.135. The lowest BCUT2D eigenvalue weighted by atomic mass is 10.1. The van der Waals surface area contributed by atoms with Crippen LogP contribution in [0.4, 0.5) is 8.78 Å². The molecule has 2 amide bonds. The number of rotatable bonds is 6. The molecule has 0 heterocycles. The molecule has 0 saturated heterocycles. The van der Waals surface area contributed by atoms with E-state index in [1.165, 1.54) is 4.90 Å². The normalized spacial score (nSPS) is 14.7. The molecule has 1 fully saturated rings. The van der Waals surface area contributed by atoms with Gasteiger partial charge in [-0.05, 0) is 31.0 Å². The van der Waals surface area contributed by atoms with Crippen LogP contribution in [0.5, 0.6) is 0 Å². The van der Waals surface area contributed by atoms with Crippen molar-refractivity contribution >= 4 is 11.8 Å². The fourth-order valence-electron chi connectivity index (χ4n) is 2.83. The summed E-state index contributed by atoms with van der Waals surface area (Å²) in [5.74, 6) is -1.84. The number of carbonyl (C=O) groups excluding carboxylic acids is 2. The largest absolute Gasteiger partial charge is 0.346 e. The van der Waals surface area contributed by atoms with E-state index in [2.05, 4.69) is 5.32 Å². The molecule has 3 N–H and O–H groups in total. The zero-order valence-corrected chi connectivity index (χ0v) is 12.9. The fraction of sp³-hybridized carbons (Fsp3) is 0.500. The summed E-state index contributed by atoms with van der Waals surface area (Å²) in [5.41, 5.74) is 5.32. The highest BCUT2D eigenvalue weighted by Gasteiger charge is 2.27. The SMILES string of the molecule is NCC(=O)NCC(=O)N(Cc1cc(F)ccc1F)C1CCCC1. The number of halogens is 2. The number of nitrogens with one attached hydrogen (secondary N) is 1. The molecule has 1 saturated carbocycles. The first kappa shape index (κ1) is 17.3. The van der Waals surface area contributed by atoms with E-state index in [0.717, 1.165) is 43.9 Å². The van der Waals surface area contributed by atoms with Crippen molar-refractivity contribution in [2.75, 3.05) is 13.1 Å². The minimum Gasteiger partial charge on any atom is -0.346 e. The van der Waals surface area contributed by atoms with Gasteiger partial charge in [0.05, 0.1) is 13.1 Å². The number of nitrogens with two attached hydrogens (primary N) is 1. The first-order valence-corrected chi connectivity index (χ1v) is 7.71. The highest BCUT2D eigenvalue weighted by molar-refractivity contribution is 5.85. The van der Waals surface area contributed by atoms with Crippen molar-refractivity contribution < 1.29 is 18.4 Å². The minimum absolute atomic E-state index is 0.00834. The second-order valence-electron chi connectivity index (χ2n) is 5.68. The molecule has 1 aromatic carbocycles. The quantitative estimate of drug-likeness (QED) is 0.828. The molecule has 1 aliphatic rings. The van der Waals surface area contributed by atoms with Crippen LogP contribution in [0.2, 0.25) is 0 Å². The van der Waals surface area contributed by atoms with Crippen molar-refractivity contribution in [2.45, 2.75) is 38.3 Å². The monoisotopic (exact) mass is 325 g/mol. The molecule has 0 atom stereocenters. The Labute approximate surface area is 133 Å². The molecule has 0 aliphatic heterocycles. The number of carbonyl (C=O) groups is 2. The van der Waals surface area contributed by atoms with Crippen molar-refractivity contribution in [3.8, 4) is 0 Å².